The van der Waals surface area contributed by atoms with E-state index >= 15 is 0 Å². The molecule has 68 valence electrons. The van der Waals surface area contributed by atoms with Gasteiger partial charge in [-0.25, -0.2) is 4.98 Å². The Morgan fingerprint density at radius 2 is 2.46 bits per heavy atom. The third-order valence-corrected chi connectivity index (χ3v) is 2.41. The second kappa shape index (κ2) is 3.17. The minimum Gasteiger partial charge on any atom is -0.481 e. The van der Waals surface area contributed by atoms with Crippen molar-refractivity contribution in [2.24, 2.45) is 5.92 Å². The number of carbonyl (C=O) groups is 1. The molecule has 0 aromatic carbocycles. The van der Waals surface area contributed by atoms with Crippen LogP contribution in [0.1, 0.15) is 17.9 Å². The number of aldehydes is 1. The molecule has 1 aliphatic carbocycles. The molecule has 2 atom stereocenters. The van der Waals surface area contributed by atoms with Crippen molar-refractivity contribution in [2.75, 3.05) is 7.11 Å². The summed E-state index contributed by atoms with van der Waals surface area (Å²) in [4.78, 5) is 14.5. The molecule has 3 heteroatoms. The van der Waals surface area contributed by atoms with Crippen LogP contribution in [-0.2, 0) is 4.79 Å². The van der Waals surface area contributed by atoms with E-state index in [0.717, 1.165) is 18.3 Å². The number of carbonyl (C=O) groups excluding carboxylic acids is 1. The summed E-state index contributed by atoms with van der Waals surface area (Å²) < 4.78 is 4.94. The van der Waals surface area contributed by atoms with Gasteiger partial charge in [0.1, 0.15) is 6.29 Å². The van der Waals surface area contributed by atoms with Crippen molar-refractivity contribution in [3.8, 4) is 5.88 Å². The van der Waals surface area contributed by atoms with Crippen LogP contribution in [0.25, 0.3) is 0 Å². The maximum Gasteiger partial charge on any atom is 0.212 e. The van der Waals surface area contributed by atoms with Crippen LogP contribution in [0, 0.1) is 5.92 Å². The first-order chi connectivity index (χ1) is 6.35. The maximum absolute atomic E-state index is 10.4. The second-order valence-corrected chi connectivity index (χ2v) is 3.28. The smallest absolute Gasteiger partial charge is 0.212 e. The lowest BCUT2D eigenvalue weighted by atomic mass is 10.1. The molecule has 13 heavy (non-hydrogen) atoms. The van der Waals surface area contributed by atoms with E-state index in [2.05, 4.69) is 4.98 Å². The van der Waals surface area contributed by atoms with E-state index in [1.807, 2.05) is 12.1 Å². The Hall–Kier alpha value is -1.38. The van der Waals surface area contributed by atoms with E-state index in [0.29, 0.717) is 11.8 Å². The van der Waals surface area contributed by atoms with Gasteiger partial charge in [0.15, 0.2) is 0 Å². The van der Waals surface area contributed by atoms with Crippen molar-refractivity contribution >= 4 is 6.29 Å². The van der Waals surface area contributed by atoms with Crippen molar-refractivity contribution in [3.05, 3.63) is 23.9 Å². The highest BCUT2D eigenvalue weighted by molar-refractivity contribution is 5.61. The zero-order valence-electron chi connectivity index (χ0n) is 7.43. The topological polar surface area (TPSA) is 39.2 Å². The molecule has 1 fully saturated rings. The Balaban J connectivity index is 2.11. The van der Waals surface area contributed by atoms with Crippen LogP contribution < -0.4 is 4.74 Å². The molecule has 0 radical (unpaired) electrons. The molecule has 0 saturated heterocycles. The third-order valence-electron chi connectivity index (χ3n) is 2.41. The molecule has 0 spiro atoms. The van der Waals surface area contributed by atoms with Crippen molar-refractivity contribution in [1.82, 2.24) is 4.98 Å². The zero-order chi connectivity index (χ0) is 9.26. The van der Waals surface area contributed by atoms with Crippen molar-refractivity contribution in [1.29, 1.82) is 0 Å². The number of hydrogen-bond acceptors (Lipinski definition) is 3. The average molecular weight is 177 g/mol. The predicted molar refractivity (Wildman–Crippen MR) is 47.7 cm³/mol. The summed E-state index contributed by atoms with van der Waals surface area (Å²) in [5, 5.41) is 0. The first-order valence-electron chi connectivity index (χ1n) is 4.30. The Labute approximate surface area is 76.7 Å². The summed E-state index contributed by atoms with van der Waals surface area (Å²) in [5.74, 6) is 1.23. The molecular formula is C10H11NO2. The van der Waals surface area contributed by atoms with Gasteiger partial charge in [-0.15, -0.1) is 0 Å². The highest BCUT2D eigenvalue weighted by Gasteiger charge is 2.38. The second-order valence-electron chi connectivity index (χ2n) is 3.28. The van der Waals surface area contributed by atoms with Gasteiger partial charge in [0, 0.05) is 18.2 Å². The van der Waals surface area contributed by atoms with Gasteiger partial charge in [0.25, 0.3) is 0 Å². The molecule has 0 aliphatic heterocycles. The van der Waals surface area contributed by atoms with Crippen LogP contribution in [0.15, 0.2) is 18.3 Å². The highest BCUT2D eigenvalue weighted by atomic mass is 16.5. The van der Waals surface area contributed by atoms with Gasteiger partial charge in [-0.2, -0.15) is 0 Å². The van der Waals surface area contributed by atoms with E-state index in [4.69, 9.17) is 4.74 Å². The Morgan fingerprint density at radius 1 is 1.62 bits per heavy atom. The Bertz CT molecular complexity index is 307. The van der Waals surface area contributed by atoms with Gasteiger partial charge >= 0.3 is 0 Å². The fraction of sp³-hybridized carbons (Fsp3) is 0.400. The lowest BCUT2D eigenvalue weighted by Gasteiger charge is -1.99. The molecule has 2 unspecified atom stereocenters. The van der Waals surface area contributed by atoms with Crippen molar-refractivity contribution in [3.63, 3.8) is 0 Å². The summed E-state index contributed by atoms with van der Waals surface area (Å²) in [7, 11) is 1.59. The zero-order valence-corrected chi connectivity index (χ0v) is 7.43. The summed E-state index contributed by atoms with van der Waals surface area (Å²) in [6, 6.07) is 3.80. The largest absolute Gasteiger partial charge is 0.481 e. The number of pyridine rings is 1. The van der Waals surface area contributed by atoms with E-state index in [1.54, 1.807) is 13.3 Å². The van der Waals surface area contributed by atoms with Gasteiger partial charge in [-0.3, -0.25) is 0 Å². The monoisotopic (exact) mass is 177 g/mol. The predicted octanol–water partition coefficient (Wildman–Crippen LogP) is 1.39. The summed E-state index contributed by atoms with van der Waals surface area (Å²) in [5.41, 5.74) is 1.14. The average Bonchev–Trinajstić information content (AvgIpc) is 2.97. The maximum atomic E-state index is 10.4. The molecule has 2 rings (SSSR count). The molecule has 0 bridgehead atoms. The van der Waals surface area contributed by atoms with Crippen LogP contribution in [0.3, 0.4) is 0 Å². The number of hydrogen-bond donors (Lipinski definition) is 0. The minimum absolute atomic E-state index is 0.218. The van der Waals surface area contributed by atoms with Crippen LogP contribution in [0.2, 0.25) is 0 Å². The van der Waals surface area contributed by atoms with Crippen LogP contribution in [-0.4, -0.2) is 18.4 Å². The summed E-state index contributed by atoms with van der Waals surface area (Å²) in [6.07, 6.45) is 3.78. The van der Waals surface area contributed by atoms with Crippen molar-refractivity contribution < 1.29 is 9.53 Å². The van der Waals surface area contributed by atoms with Gasteiger partial charge in [-0.05, 0) is 17.9 Å². The third kappa shape index (κ3) is 1.54. The van der Waals surface area contributed by atoms with Gasteiger partial charge in [0.2, 0.25) is 5.88 Å². The first-order valence-corrected chi connectivity index (χ1v) is 4.30. The minimum atomic E-state index is 0.218. The Kier molecular flexibility index (Phi) is 2.00. The lowest BCUT2D eigenvalue weighted by molar-refractivity contribution is -0.108. The molecule has 1 aliphatic rings. The standard InChI is InChI=1S/C10H11NO2/c1-13-10-3-2-7(5-11-10)9-4-8(9)6-12/h2-3,5-6,8-9H,4H2,1H3. The van der Waals surface area contributed by atoms with Crippen molar-refractivity contribution in [2.45, 2.75) is 12.3 Å². The summed E-state index contributed by atoms with van der Waals surface area (Å²) in [6.45, 7) is 0. The molecule has 0 N–H and O–H groups in total. The van der Waals surface area contributed by atoms with Crippen LogP contribution in [0.5, 0.6) is 5.88 Å². The SMILES string of the molecule is COc1ccc(C2CC2C=O)cn1. The fourth-order valence-corrected chi connectivity index (χ4v) is 1.48. The lowest BCUT2D eigenvalue weighted by Crippen LogP contribution is -1.89. The summed E-state index contributed by atoms with van der Waals surface area (Å²) >= 11 is 0. The first kappa shape index (κ1) is 8.23. The van der Waals surface area contributed by atoms with Crippen LogP contribution >= 0.6 is 0 Å². The number of rotatable bonds is 3. The molecule has 1 aromatic rings. The molecular weight excluding hydrogens is 166 g/mol. The molecule has 1 saturated carbocycles. The highest BCUT2D eigenvalue weighted by Crippen LogP contribution is 2.45. The molecule has 3 nitrogen and oxygen atoms in total. The number of methoxy groups -OCH3 is 1. The van der Waals surface area contributed by atoms with Gasteiger partial charge in [0.05, 0.1) is 7.11 Å². The van der Waals surface area contributed by atoms with E-state index in [1.165, 1.54) is 0 Å². The molecule has 0 amide bonds. The molecule has 1 heterocycles. The van der Waals surface area contributed by atoms with Crippen LogP contribution in [0.4, 0.5) is 0 Å². The number of nitrogens with zero attached hydrogens (tertiary/aromatic N) is 1. The number of aromatic nitrogens is 1. The van der Waals surface area contributed by atoms with E-state index in [9.17, 15) is 4.79 Å². The molecule has 1 aromatic heterocycles. The number of ether oxygens (including phenoxy) is 1. The van der Waals surface area contributed by atoms with E-state index < -0.39 is 0 Å². The quantitative estimate of drug-likeness (QED) is 0.655. The Morgan fingerprint density at radius 3 is 2.92 bits per heavy atom. The fourth-order valence-electron chi connectivity index (χ4n) is 1.48. The van der Waals surface area contributed by atoms with Gasteiger partial charge < -0.3 is 9.53 Å². The van der Waals surface area contributed by atoms with Gasteiger partial charge in [-0.1, -0.05) is 6.07 Å². The normalized spacial score (nSPS) is 25.3. The van der Waals surface area contributed by atoms with E-state index in [-0.39, 0.29) is 5.92 Å².